The number of aliphatic imine (C=N–C) groups is 1. The van der Waals surface area contributed by atoms with Crippen LogP contribution in [0, 0.1) is 5.41 Å². The highest BCUT2D eigenvalue weighted by molar-refractivity contribution is 14.0. The molecule has 6 heteroatoms. The van der Waals surface area contributed by atoms with E-state index in [9.17, 15) is 4.79 Å². The molecule has 1 saturated heterocycles. The minimum absolute atomic E-state index is 0. The summed E-state index contributed by atoms with van der Waals surface area (Å²) in [6.07, 6.45) is 6.61. The number of carbonyl (C=O) groups is 1. The van der Waals surface area contributed by atoms with Crippen molar-refractivity contribution in [2.24, 2.45) is 10.4 Å². The second kappa shape index (κ2) is 10.5. The summed E-state index contributed by atoms with van der Waals surface area (Å²) in [5, 5.41) is 7.02. The molecule has 1 aromatic carbocycles. The van der Waals surface area contributed by atoms with Crippen molar-refractivity contribution in [3.63, 3.8) is 0 Å². The van der Waals surface area contributed by atoms with Gasteiger partial charge in [0.15, 0.2) is 5.96 Å². The minimum atomic E-state index is 0. The van der Waals surface area contributed by atoms with Gasteiger partial charge in [-0.15, -0.1) is 24.0 Å². The lowest BCUT2D eigenvalue weighted by Crippen LogP contribution is -2.45. The van der Waals surface area contributed by atoms with Crippen molar-refractivity contribution in [1.82, 2.24) is 15.5 Å². The quantitative estimate of drug-likeness (QED) is 0.366. The molecule has 156 valence electrons. The molecule has 0 unspecified atom stereocenters. The predicted molar refractivity (Wildman–Crippen MR) is 126 cm³/mol. The molecule has 2 aliphatic rings. The van der Waals surface area contributed by atoms with E-state index in [2.05, 4.69) is 53.7 Å². The normalized spacial score (nSPS) is 20.0. The molecule has 0 aromatic heterocycles. The summed E-state index contributed by atoms with van der Waals surface area (Å²) in [7, 11) is 1.83. The van der Waals surface area contributed by atoms with Gasteiger partial charge >= 0.3 is 0 Å². The van der Waals surface area contributed by atoms with Crippen molar-refractivity contribution in [2.75, 3.05) is 13.6 Å². The van der Waals surface area contributed by atoms with Crippen LogP contribution in [0.5, 0.6) is 0 Å². The zero-order chi connectivity index (χ0) is 19.3. The van der Waals surface area contributed by atoms with Crippen molar-refractivity contribution >= 4 is 35.8 Å². The van der Waals surface area contributed by atoms with Gasteiger partial charge < -0.3 is 15.5 Å². The Labute approximate surface area is 186 Å². The number of amides is 1. The van der Waals surface area contributed by atoms with Crippen molar-refractivity contribution in [3.05, 3.63) is 35.4 Å². The van der Waals surface area contributed by atoms with E-state index in [4.69, 9.17) is 0 Å². The Kier molecular flexibility index (Phi) is 8.58. The highest BCUT2D eigenvalue weighted by Gasteiger charge is 2.27. The molecule has 0 spiro atoms. The number of hydrogen-bond donors (Lipinski definition) is 2. The smallest absolute Gasteiger partial charge is 0.222 e. The molecule has 1 saturated carbocycles. The van der Waals surface area contributed by atoms with E-state index in [1.165, 1.54) is 36.8 Å². The van der Waals surface area contributed by atoms with E-state index < -0.39 is 0 Å². The molecule has 0 radical (unpaired) electrons. The molecule has 28 heavy (non-hydrogen) atoms. The van der Waals surface area contributed by atoms with E-state index in [1.807, 2.05) is 11.9 Å². The molecular formula is C22H35IN4O. The number of likely N-dealkylation sites (tertiary alicyclic amines) is 1. The lowest BCUT2D eigenvalue weighted by Gasteiger charge is -2.35. The first kappa shape index (κ1) is 23.0. The summed E-state index contributed by atoms with van der Waals surface area (Å²) >= 11 is 0. The molecule has 1 aliphatic heterocycles. The number of nitrogens with zero attached hydrogens (tertiary/aromatic N) is 2. The summed E-state index contributed by atoms with van der Waals surface area (Å²) in [5.41, 5.74) is 2.89. The van der Waals surface area contributed by atoms with E-state index in [1.54, 1.807) is 0 Å². The first-order valence-corrected chi connectivity index (χ1v) is 10.3. The zero-order valence-electron chi connectivity index (χ0n) is 17.5. The topological polar surface area (TPSA) is 56.7 Å². The SMILES string of the molecule is CN=C(NCc1cccc(CN2CCCC2=O)c1)NC1CCC(C)(C)CC1.I. The summed E-state index contributed by atoms with van der Waals surface area (Å²) in [6.45, 7) is 7.06. The lowest BCUT2D eigenvalue weighted by molar-refractivity contribution is -0.128. The second-order valence-electron chi connectivity index (χ2n) is 8.75. The van der Waals surface area contributed by atoms with Crippen molar-refractivity contribution in [2.45, 2.75) is 71.5 Å². The molecule has 0 atom stereocenters. The van der Waals surface area contributed by atoms with Gasteiger partial charge in [-0.2, -0.15) is 0 Å². The summed E-state index contributed by atoms with van der Waals surface area (Å²) in [5.74, 6) is 1.15. The Morgan fingerprint density at radius 2 is 1.96 bits per heavy atom. The number of halogens is 1. The Hall–Kier alpha value is -1.31. The fraction of sp³-hybridized carbons (Fsp3) is 0.636. The summed E-state index contributed by atoms with van der Waals surface area (Å²) < 4.78 is 0. The fourth-order valence-electron chi connectivity index (χ4n) is 4.05. The van der Waals surface area contributed by atoms with Crippen LogP contribution < -0.4 is 10.6 Å². The maximum atomic E-state index is 11.8. The van der Waals surface area contributed by atoms with Crippen LogP contribution in [0.15, 0.2) is 29.3 Å². The van der Waals surface area contributed by atoms with Gasteiger partial charge in [0.05, 0.1) is 0 Å². The standard InChI is InChI=1S/C22H34N4O.HI/c1-22(2)11-9-19(10-12-22)25-21(23-3)24-15-17-6-4-7-18(14-17)16-26-13-5-8-20(26)27;/h4,6-7,14,19H,5,8-13,15-16H2,1-3H3,(H2,23,24,25);1H. The van der Waals surface area contributed by atoms with Gasteiger partial charge in [-0.05, 0) is 48.6 Å². The third kappa shape index (κ3) is 6.64. The number of benzene rings is 1. The molecular weight excluding hydrogens is 463 g/mol. The Bertz CT molecular complexity index is 679. The van der Waals surface area contributed by atoms with Crippen LogP contribution in [-0.4, -0.2) is 36.4 Å². The van der Waals surface area contributed by atoms with Crippen LogP contribution in [0.4, 0.5) is 0 Å². The highest BCUT2D eigenvalue weighted by atomic mass is 127. The monoisotopic (exact) mass is 498 g/mol. The van der Waals surface area contributed by atoms with Crippen LogP contribution in [0.1, 0.15) is 63.5 Å². The third-order valence-electron chi connectivity index (χ3n) is 5.90. The number of hydrogen-bond acceptors (Lipinski definition) is 2. The minimum Gasteiger partial charge on any atom is -0.354 e. The Morgan fingerprint density at radius 1 is 1.25 bits per heavy atom. The van der Waals surface area contributed by atoms with Crippen molar-refractivity contribution in [1.29, 1.82) is 0 Å². The first-order valence-electron chi connectivity index (χ1n) is 10.3. The molecule has 1 aliphatic carbocycles. The van der Waals surface area contributed by atoms with Crippen LogP contribution in [-0.2, 0) is 17.9 Å². The van der Waals surface area contributed by atoms with Gasteiger partial charge in [0.25, 0.3) is 0 Å². The lowest BCUT2D eigenvalue weighted by atomic mass is 9.75. The van der Waals surface area contributed by atoms with Gasteiger partial charge in [-0.3, -0.25) is 9.79 Å². The van der Waals surface area contributed by atoms with E-state index in [0.29, 0.717) is 17.9 Å². The number of guanidine groups is 1. The van der Waals surface area contributed by atoms with E-state index in [0.717, 1.165) is 32.0 Å². The molecule has 1 amide bonds. The van der Waals surface area contributed by atoms with Crippen LogP contribution in [0.2, 0.25) is 0 Å². The largest absolute Gasteiger partial charge is 0.354 e. The van der Waals surface area contributed by atoms with Gasteiger partial charge in [-0.1, -0.05) is 38.1 Å². The van der Waals surface area contributed by atoms with Crippen molar-refractivity contribution < 1.29 is 4.79 Å². The average molecular weight is 498 g/mol. The Morgan fingerprint density at radius 3 is 2.61 bits per heavy atom. The number of rotatable bonds is 5. The van der Waals surface area contributed by atoms with Gasteiger partial charge in [-0.25, -0.2) is 0 Å². The number of nitrogens with one attached hydrogen (secondary N) is 2. The molecule has 0 bridgehead atoms. The highest BCUT2D eigenvalue weighted by Crippen LogP contribution is 2.34. The molecule has 2 fully saturated rings. The second-order valence-corrected chi connectivity index (χ2v) is 8.75. The molecule has 1 aromatic rings. The van der Waals surface area contributed by atoms with Crippen LogP contribution in [0.3, 0.4) is 0 Å². The Balaban J connectivity index is 0.00000280. The average Bonchev–Trinajstić information content (AvgIpc) is 3.05. The van der Waals surface area contributed by atoms with Crippen LogP contribution in [0.25, 0.3) is 0 Å². The van der Waals surface area contributed by atoms with Gasteiger partial charge in [0.2, 0.25) is 5.91 Å². The van der Waals surface area contributed by atoms with E-state index >= 15 is 0 Å². The zero-order valence-corrected chi connectivity index (χ0v) is 19.8. The maximum absolute atomic E-state index is 11.8. The fourth-order valence-corrected chi connectivity index (χ4v) is 4.05. The third-order valence-corrected chi connectivity index (χ3v) is 5.90. The molecule has 3 rings (SSSR count). The summed E-state index contributed by atoms with van der Waals surface area (Å²) in [4.78, 5) is 18.2. The van der Waals surface area contributed by atoms with Crippen LogP contribution >= 0.6 is 24.0 Å². The van der Waals surface area contributed by atoms with Crippen molar-refractivity contribution in [3.8, 4) is 0 Å². The van der Waals surface area contributed by atoms with Gasteiger partial charge in [0, 0.05) is 39.1 Å². The first-order chi connectivity index (χ1) is 12.9. The molecule has 5 nitrogen and oxygen atoms in total. The number of carbonyl (C=O) groups excluding carboxylic acids is 1. The molecule has 1 heterocycles. The predicted octanol–water partition coefficient (Wildman–Crippen LogP) is 4.06. The van der Waals surface area contributed by atoms with Gasteiger partial charge in [0.1, 0.15) is 0 Å². The summed E-state index contributed by atoms with van der Waals surface area (Å²) in [6, 6.07) is 9.00. The molecule has 2 N–H and O–H groups in total. The maximum Gasteiger partial charge on any atom is 0.222 e. The van der Waals surface area contributed by atoms with E-state index in [-0.39, 0.29) is 29.9 Å².